The number of nitrogens with zero attached hydrogens (tertiary/aromatic N) is 3. The van der Waals surface area contributed by atoms with Gasteiger partial charge < -0.3 is 4.74 Å². The number of aromatic nitrogens is 2. The van der Waals surface area contributed by atoms with Gasteiger partial charge in [0.1, 0.15) is 0 Å². The average molecular weight is 277 g/mol. The normalized spacial score (nSPS) is 19.6. The number of aryl methyl sites for hydroxylation is 1. The molecule has 3 rings (SSSR count). The van der Waals surface area contributed by atoms with Gasteiger partial charge in [0.2, 0.25) is 0 Å². The van der Waals surface area contributed by atoms with Crippen molar-refractivity contribution in [2.75, 3.05) is 20.3 Å². The second kappa shape index (κ2) is 5.45. The van der Waals surface area contributed by atoms with Gasteiger partial charge in [0.05, 0.1) is 12.3 Å². The summed E-state index contributed by atoms with van der Waals surface area (Å²) >= 11 is 1.76. The van der Waals surface area contributed by atoms with Crippen molar-refractivity contribution in [3.63, 3.8) is 0 Å². The Labute approximate surface area is 117 Å². The SMILES string of the molecule is COC[C@H]1CN(Cc2ccsc2)Cc2cn(C)nc21. The standard InChI is InChI=1S/C14H19N3OS/c1-16-6-12-7-17(5-11-3-4-19-10-11)8-13(9-18-2)14(12)15-16/h3-4,6,10,13H,5,7-9H2,1-2H3/t13-/m1/s1. The van der Waals surface area contributed by atoms with Gasteiger partial charge in [-0.2, -0.15) is 16.4 Å². The van der Waals surface area contributed by atoms with Crippen molar-refractivity contribution in [3.8, 4) is 0 Å². The van der Waals surface area contributed by atoms with Crippen molar-refractivity contribution in [1.82, 2.24) is 14.7 Å². The highest BCUT2D eigenvalue weighted by molar-refractivity contribution is 7.07. The van der Waals surface area contributed by atoms with Crippen LogP contribution in [0.5, 0.6) is 0 Å². The predicted molar refractivity (Wildman–Crippen MR) is 76.3 cm³/mol. The molecule has 0 unspecified atom stereocenters. The molecule has 0 spiro atoms. The highest BCUT2D eigenvalue weighted by Crippen LogP contribution is 2.28. The summed E-state index contributed by atoms with van der Waals surface area (Å²) in [6.07, 6.45) is 2.14. The van der Waals surface area contributed by atoms with Crippen molar-refractivity contribution in [2.45, 2.75) is 19.0 Å². The zero-order valence-electron chi connectivity index (χ0n) is 11.4. The minimum Gasteiger partial charge on any atom is -0.384 e. The molecule has 3 heterocycles. The van der Waals surface area contributed by atoms with Crippen molar-refractivity contribution in [3.05, 3.63) is 39.8 Å². The molecule has 2 aromatic heterocycles. The van der Waals surface area contributed by atoms with Crippen molar-refractivity contribution < 1.29 is 4.74 Å². The Balaban J connectivity index is 1.79. The molecule has 0 bridgehead atoms. The number of fused-ring (bicyclic) bond motifs is 1. The summed E-state index contributed by atoms with van der Waals surface area (Å²) in [5, 5.41) is 8.96. The van der Waals surface area contributed by atoms with Crippen LogP contribution in [0.3, 0.4) is 0 Å². The van der Waals surface area contributed by atoms with Gasteiger partial charge in [-0.25, -0.2) is 0 Å². The summed E-state index contributed by atoms with van der Waals surface area (Å²) in [4.78, 5) is 2.48. The molecule has 5 heteroatoms. The maximum atomic E-state index is 5.36. The molecule has 0 amide bonds. The Hall–Kier alpha value is -1.17. The molecule has 0 saturated carbocycles. The molecule has 1 aliphatic heterocycles. The molecular weight excluding hydrogens is 258 g/mol. The highest BCUT2D eigenvalue weighted by Gasteiger charge is 2.28. The van der Waals surface area contributed by atoms with Gasteiger partial charge in [-0.05, 0) is 22.4 Å². The van der Waals surface area contributed by atoms with Crippen molar-refractivity contribution >= 4 is 11.3 Å². The van der Waals surface area contributed by atoms with Crippen LogP contribution in [0.15, 0.2) is 23.0 Å². The fourth-order valence-electron chi connectivity index (χ4n) is 2.82. The van der Waals surface area contributed by atoms with Crippen LogP contribution in [0, 0.1) is 0 Å². The van der Waals surface area contributed by atoms with Crippen molar-refractivity contribution in [2.24, 2.45) is 7.05 Å². The van der Waals surface area contributed by atoms with Crippen LogP contribution >= 0.6 is 11.3 Å². The van der Waals surface area contributed by atoms with Gasteiger partial charge in [0.15, 0.2) is 0 Å². The minimum atomic E-state index is 0.383. The van der Waals surface area contributed by atoms with Gasteiger partial charge >= 0.3 is 0 Å². The Morgan fingerprint density at radius 3 is 3.16 bits per heavy atom. The molecule has 4 nitrogen and oxygen atoms in total. The molecule has 1 aliphatic rings. The fraction of sp³-hybridized carbons (Fsp3) is 0.500. The molecule has 0 saturated heterocycles. The molecule has 19 heavy (non-hydrogen) atoms. The number of hydrogen-bond acceptors (Lipinski definition) is 4. The minimum absolute atomic E-state index is 0.383. The van der Waals surface area contributed by atoms with E-state index >= 15 is 0 Å². The first-order valence-electron chi connectivity index (χ1n) is 6.51. The van der Waals surface area contributed by atoms with E-state index in [4.69, 9.17) is 4.74 Å². The van der Waals surface area contributed by atoms with E-state index in [0.29, 0.717) is 5.92 Å². The maximum Gasteiger partial charge on any atom is 0.0736 e. The molecule has 1 atom stereocenters. The predicted octanol–water partition coefficient (Wildman–Crippen LogP) is 2.23. The Kier molecular flexibility index (Phi) is 3.68. The molecule has 0 N–H and O–H groups in total. The van der Waals surface area contributed by atoms with E-state index in [1.807, 2.05) is 11.7 Å². The lowest BCUT2D eigenvalue weighted by atomic mass is 9.97. The second-order valence-corrected chi connectivity index (χ2v) is 5.95. The topological polar surface area (TPSA) is 30.3 Å². The fourth-order valence-corrected chi connectivity index (χ4v) is 3.48. The first-order valence-corrected chi connectivity index (χ1v) is 7.45. The molecule has 2 aromatic rings. The Morgan fingerprint density at radius 1 is 1.53 bits per heavy atom. The molecule has 0 radical (unpaired) electrons. The number of rotatable bonds is 4. The smallest absolute Gasteiger partial charge is 0.0736 e. The van der Waals surface area contributed by atoms with Crippen molar-refractivity contribution in [1.29, 1.82) is 0 Å². The lowest BCUT2D eigenvalue weighted by Crippen LogP contribution is -2.34. The Bertz CT molecular complexity index is 535. The third-order valence-corrected chi connectivity index (χ3v) is 4.28. The third kappa shape index (κ3) is 2.73. The average Bonchev–Trinajstić information content (AvgIpc) is 2.98. The monoisotopic (exact) mass is 277 g/mol. The maximum absolute atomic E-state index is 5.36. The van der Waals surface area contributed by atoms with E-state index in [1.54, 1.807) is 18.4 Å². The van der Waals surface area contributed by atoms with Crippen LogP contribution in [0.25, 0.3) is 0 Å². The number of methoxy groups -OCH3 is 1. The summed E-state index contributed by atoms with van der Waals surface area (Å²) < 4.78 is 7.28. The van der Waals surface area contributed by atoms with Crippen LogP contribution in [0.4, 0.5) is 0 Å². The van der Waals surface area contributed by atoms with Gasteiger partial charge in [-0.3, -0.25) is 9.58 Å². The van der Waals surface area contributed by atoms with Gasteiger partial charge in [-0.15, -0.1) is 0 Å². The zero-order chi connectivity index (χ0) is 13.2. The third-order valence-electron chi connectivity index (χ3n) is 3.55. The summed E-state index contributed by atoms with van der Waals surface area (Å²) in [5.41, 5.74) is 3.95. The summed E-state index contributed by atoms with van der Waals surface area (Å²) in [5.74, 6) is 0.383. The van der Waals surface area contributed by atoms with Crippen LogP contribution in [-0.2, 0) is 24.9 Å². The summed E-state index contributed by atoms with van der Waals surface area (Å²) in [7, 11) is 3.76. The summed E-state index contributed by atoms with van der Waals surface area (Å²) in [6.45, 7) is 3.76. The van der Waals surface area contributed by atoms with E-state index in [9.17, 15) is 0 Å². The van der Waals surface area contributed by atoms with Gasteiger partial charge in [0.25, 0.3) is 0 Å². The first-order chi connectivity index (χ1) is 9.26. The van der Waals surface area contributed by atoms with E-state index in [1.165, 1.54) is 16.8 Å². The van der Waals surface area contributed by atoms with E-state index in [0.717, 1.165) is 26.2 Å². The lowest BCUT2D eigenvalue weighted by Gasteiger charge is -2.31. The number of thiophene rings is 1. The molecule has 0 fully saturated rings. The quantitative estimate of drug-likeness (QED) is 0.858. The summed E-state index contributed by atoms with van der Waals surface area (Å²) in [6, 6.07) is 2.20. The Morgan fingerprint density at radius 2 is 2.42 bits per heavy atom. The van der Waals surface area contributed by atoms with Crippen LogP contribution in [0.1, 0.15) is 22.7 Å². The molecular formula is C14H19N3OS. The van der Waals surface area contributed by atoms with Gasteiger partial charge in [-0.1, -0.05) is 0 Å². The molecule has 0 aliphatic carbocycles. The number of hydrogen-bond donors (Lipinski definition) is 0. The van der Waals surface area contributed by atoms with E-state index in [-0.39, 0.29) is 0 Å². The molecule has 102 valence electrons. The second-order valence-electron chi connectivity index (χ2n) is 5.17. The van der Waals surface area contributed by atoms with Crippen LogP contribution in [-0.4, -0.2) is 34.9 Å². The first kappa shape index (κ1) is 12.8. The van der Waals surface area contributed by atoms with Crippen LogP contribution in [0.2, 0.25) is 0 Å². The molecule has 0 aromatic carbocycles. The van der Waals surface area contributed by atoms with Gasteiger partial charge in [0, 0.05) is 51.5 Å². The zero-order valence-corrected chi connectivity index (χ0v) is 12.2. The highest BCUT2D eigenvalue weighted by atomic mass is 32.1. The number of ether oxygens (including phenoxy) is 1. The lowest BCUT2D eigenvalue weighted by molar-refractivity contribution is 0.134. The largest absolute Gasteiger partial charge is 0.384 e. The van der Waals surface area contributed by atoms with E-state index in [2.05, 4.69) is 33.0 Å². The van der Waals surface area contributed by atoms with E-state index < -0.39 is 0 Å². The van der Waals surface area contributed by atoms with Crippen LogP contribution < -0.4 is 0 Å².